The minimum Gasteiger partial charge on any atom is -0.344 e. The standard InChI is InChI=1S/C8H14N2OS/c1-3-12-7-8(11)10(2)6-4-5-9/h3-4,6-7H2,1-2H3. The lowest BCUT2D eigenvalue weighted by molar-refractivity contribution is -0.127. The van der Waals surface area contributed by atoms with Crippen LogP contribution in [0.15, 0.2) is 0 Å². The molecule has 1 amide bonds. The molecular formula is C8H14N2OS. The van der Waals surface area contributed by atoms with E-state index in [2.05, 4.69) is 0 Å². The predicted molar refractivity (Wildman–Crippen MR) is 50.9 cm³/mol. The summed E-state index contributed by atoms with van der Waals surface area (Å²) in [6.45, 7) is 2.56. The van der Waals surface area contributed by atoms with Gasteiger partial charge >= 0.3 is 0 Å². The van der Waals surface area contributed by atoms with E-state index in [0.717, 1.165) is 5.75 Å². The van der Waals surface area contributed by atoms with Gasteiger partial charge in [0.25, 0.3) is 0 Å². The molecule has 0 unspecified atom stereocenters. The Morgan fingerprint density at radius 1 is 1.67 bits per heavy atom. The van der Waals surface area contributed by atoms with Crippen molar-refractivity contribution in [2.24, 2.45) is 0 Å². The van der Waals surface area contributed by atoms with Gasteiger partial charge in [-0.25, -0.2) is 0 Å². The molecule has 0 aliphatic heterocycles. The molecule has 0 aliphatic rings. The number of rotatable bonds is 5. The molecule has 0 fully saturated rings. The maximum Gasteiger partial charge on any atom is 0.232 e. The zero-order chi connectivity index (χ0) is 9.40. The first-order valence-electron chi connectivity index (χ1n) is 3.91. The Balaban J connectivity index is 3.55. The number of hydrogen-bond acceptors (Lipinski definition) is 3. The van der Waals surface area contributed by atoms with Crippen molar-refractivity contribution in [3.63, 3.8) is 0 Å². The highest BCUT2D eigenvalue weighted by atomic mass is 32.2. The molecule has 0 aliphatic carbocycles. The Morgan fingerprint density at radius 3 is 2.83 bits per heavy atom. The summed E-state index contributed by atoms with van der Waals surface area (Å²) in [5.74, 6) is 1.59. The number of nitriles is 1. The van der Waals surface area contributed by atoms with E-state index in [-0.39, 0.29) is 5.91 Å². The maximum absolute atomic E-state index is 11.2. The topological polar surface area (TPSA) is 44.1 Å². The molecule has 0 atom stereocenters. The van der Waals surface area contributed by atoms with Crippen LogP contribution in [0, 0.1) is 11.3 Å². The number of carbonyl (C=O) groups is 1. The molecule has 0 spiro atoms. The van der Waals surface area contributed by atoms with Crippen LogP contribution in [0.1, 0.15) is 13.3 Å². The van der Waals surface area contributed by atoms with E-state index in [1.807, 2.05) is 13.0 Å². The third kappa shape index (κ3) is 5.03. The van der Waals surface area contributed by atoms with Crippen LogP contribution in [0.4, 0.5) is 0 Å². The number of hydrogen-bond donors (Lipinski definition) is 0. The number of nitrogens with zero attached hydrogens (tertiary/aromatic N) is 2. The van der Waals surface area contributed by atoms with Crippen LogP contribution in [0.3, 0.4) is 0 Å². The fourth-order valence-corrected chi connectivity index (χ4v) is 1.24. The van der Waals surface area contributed by atoms with Crippen LogP contribution in [-0.2, 0) is 4.79 Å². The SMILES string of the molecule is CCSCC(=O)N(C)CCC#N. The molecule has 0 aromatic rings. The molecule has 0 N–H and O–H groups in total. The number of thioether (sulfide) groups is 1. The molecule has 0 saturated carbocycles. The van der Waals surface area contributed by atoms with E-state index in [1.165, 1.54) is 0 Å². The van der Waals surface area contributed by atoms with Crippen LogP contribution < -0.4 is 0 Å². The van der Waals surface area contributed by atoms with Gasteiger partial charge in [-0.3, -0.25) is 4.79 Å². The van der Waals surface area contributed by atoms with Gasteiger partial charge in [0.05, 0.1) is 18.2 Å². The second-order valence-corrected chi connectivity index (χ2v) is 3.63. The van der Waals surface area contributed by atoms with Gasteiger partial charge in [0.15, 0.2) is 0 Å². The molecule has 12 heavy (non-hydrogen) atoms. The summed E-state index contributed by atoms with van der Waals surface area (Å²) < 4.78 is 0. The molecule has 0 rings (SSSR count). The summed E-state index contributed by atoms with van der Waals surface area (Å²) in [5.41, 5.74) is 0. The monoisotopic (exact) mass is 186 g/mol. The van der Waals surface area contributed by atoms with Crippen LogP contribution >= 0.6 is 11.8 Å². The fraction of sp³-hybridized carbons (Fsp3) is 0.750. The quantitative estimate of drug-likeness (QED) is 0.646. The van der Waals surface area contributed by atoms with Crippen LogP contribution in [0.25, 0.3) is 0 Å². The molecule has 4 heteroatoms. The van der Waals surface area contributed by atoms with Gasteiger partial charge in [-0.2, -0.15) is 17.0 Å². The smallest absolute Gasteiger partial charge is 0.232 e. The minimum absolute atomic E-state index is 0.108. The zero-order valence-electron chi connectivity index (χ0n) is 7.54. The van der Waals surface area contributed by atoms with Gasteiger partial charge < -0.3 is 4.90 Å². The highest BCUT2D eigenvalue weighted by molar-refractivity contribution is 7.99. The van der Waals surface area contributed by atoms with E-state index in [9.17, 15) is 4.79 Å². The second-order valence-electron chi connectivity index (χ2n) is 2.36. The van der Waals surface area contributed by atoms with E-state index >= 15 is 0 Å². The third-order valence-electron chi connectivity index (χ3n) is 1.41. The van der Waals surface area contributed by atoms with Crippen molar-refractivity contribution in [2.75, 3.05) is 25.1 Å². The van der Waals surface area contributed by atoms with Crippen molar-refractivity contribution in [3.8, 4) is 6.07 Å². The van der Waals surface area contributed by atoms with Crippen LogP contribution in [0.2, 0.25) is 0 Å². The van der Waals surface area contributed by atoms with Crippen molar-refractivity contribution >= 4 is 17.7 Å². The lowest BCUT2D eigenvalue weighted by Gasteiger charge is -2.14. The van der Waals surface area contributed by atoms with E-state index in [0.29, 0.717) is 18.7 Å². The Morgan fingerprint density at radius 2 is 2.33 bits per heavy atom. The van der Waals surface area contributed by atoms with Gasteiger partial charge in [-0.15, -0.1) is 0 Å². The Labute approximate surface area is 77.7 Å². The van der Waals surface area contributed by atoms with Gasteiger partial charge in [0.2, 0.25) is 5.91 Å². The predicted octanol–water partition coefficient (Wildman–Crippen LogP) is 1.11. The average molecular weight is 186 g/mol. The van der Waals surface area contributed by atoms with E-state index < -0.39 is 0 Å². The summed E-state index contributed by atoms with van der Waals surface area (Å²) >= 11 is 1.60. The summed E-state index contributed by atoms with van der Waals surface area (Å²) in [7, 11) is 1.73. The minimum atomic E-state index is 0.108. The van der Waals surface area contributed by atoms with E-state index in [1.54, 1.807) is 23.7 Å². The molecule has 0 bridgehead atoms. The summed E-state index contributed by atoms with van der Waals surface area (Å²) in [6.07, 6.45) is 0.416. The first kappa shape index (κ1) is 11.3. The van der Waals surface area contributed by atoms with Gasteiger partial charge in [-0.1, -0.05) is 6.92 Å². The first-order chi connectivity index (χ1) is 5.72. The Kier molecular flexibility index (Phi) is 6.58. The Hall–Kier alpha value is -0.690. The van der Waals surface area contributed by atoms with Crippen molar-refractivity contribution < 1.29 is 4.79 Å². The molecule has 3 nitrogen and oxygen atoms in total. The third-order valence-corrected chi connectivity index (χ3v) is 2.27. The highest BCUT2D eigenvalue weighted by Crippen LogP contribution is 2.00. The largest absolute Gasteiger partial charge is 0.344 e. The van der Waals surface area contributed by atoms with Crippen molar-refractivity contribution in [2.45, 2.75) is 13.3 Å². The van der Waals surface area contributed by atoms with Gasteiger partial charge in [0.1, 0.15) is 0 Å². The molecule has 0 radical (unpaired) electrons. The summed E-state index contributed by atoms with van der Waals surface area (Å²) in [4.78, 5) is 12.8. The Bertz CT molecular complexity index is 176. The average Bonchev–Trinajstić information content (AvgIpc) is 2.10. The van der Waals surface area contributed by atoms with Crippen LogP contribution in [-0.4, -0.2) is 35.9 Å². The molecule has 0 aromatic heterocycles. The van der Waals surface area contributed by atoms with Crippen molar-refractivity contribution in [1.29, 1.82) is 5.26 Å². The molecular weight excluding hydrogens is 172 g/mol. The maximum atomic E-state index is 11.2. The second kappa shape index (κ2) is 6.99. The normalized spacial score (nSPS) is 9.08. The first-order valence-corrected chi connectivity index (χ1v) is 5.06. The molecule has 0 heterocycles. The molecule has 0 aromatic carbocycles. The summed E-state index contributed by atoms with van der Waals surface area (Å²) in [6, 6.07) is 2.01. The van der Waals surface area contributed by atoms with Crippen LogP contribution in [0.5, 0.6) is 0 Å². The number of amides is 1. The zero-order valence-corrected chi connectivity index (χ0v) is 8.36. The fourth-order valence-electron chi connectivity index (χ4n) is 0.642. The lowest BCUT2D eigenvalue weighted by atomic mass is 10.4. The number of carbonyl (C=O) groups excluding carboxylic acids is 1. The van der Waals surface area contributed by atoms with Crippen molar-refractivity contribution in [1.82, 2.24) is 4.90 Å². The van der Waals surface area contributed by atoms with Gasteiger partial charge in [0, 0.05) is 13.6 Å². The van der Waals surface area contributed by atoms with Gasteiger partial charge in [-0.05, 0) is 5.75 Å². The summed E-state index contributed by atoms with van der Waals surface area (Å²) in [5, 5.41) is 8.28. The molecule has 0 saturated heterocycles. The highest BCUT2D eigenvalue weighted by Gasteiger charge is 2.06. The van der Waals surface area contributed by atoms with E-state index in [4.69, 9.17) is 5.26 Å². The van der Waals surface area contributed by atoms with Crippen molar-refractivity contribution in [3.05, 3.63) is 0 Å². The molecule has 68 valence electrons. The lowest BCUT2D eigenvalue weighted by Crippen LogP contribution is -2.29.